The molecule has 2 heterocycles. The van der Waals surface area contributed by atoms with Gasteiger partial charge in [0.05, 0.1) is 0 Å². The van der Waals surface area contributed by atoms with Crippen molar-refractivity contribution in [1.82, 2.24) is 8.01 Å². The van der Waals surface area contributed by atoms with Crippen molar-refractivity contribution in [2.24, 2.45) is 0 Å². The number of likely N-dealkylation sites (tertiary alicyclic amines) is 1. The van der Waals surface area contributed by atoms with Gasteiger partial charge in [-0.25, -0.2) is 0 Å². The van der Waals surface area contributed by atoms with E-state index in [-0.39, 0.29) is 0 Å². The Morgan fingerprint density at radius 1 is 1.30 bits per heavy atom. The second-order valence-corrected chi connectivity index (χ2v) is 5.44. The molecule has 2 rings (SSSR count). The molecule has 2 saturated heterocycles. The molecule has 2 atom stereocenters. The monoisotopic (exact) mass is 253 g/mol. The van der Waals surface area contributed by atoms with Crippen LogP contribution in [0.2, 0.25) is 0 Å². The Labute approximate surface area is 73.2 Å². The van der Waals surface area contributed by atoms with Gasteiger partial charge in [-0.05, 0) is 0 Å². The van der Waals surface area contributed by atoms with Crippen LogP contribution in [0.5, 0.6) is 0 Å². The van der Waals surface area contributed by atoms with Crippen LogP contribution in [-0.4, -0.2) is 45.2 Å². The van der Waals surface area contributed by atoms with Gasteiger partial charge in [-0.3, -0.25) is 0 Å². The third kappa shape index (κ3) is 0.987. The fraction of sp³-hybridized carbons (Fsp3) is 1.00. The van der Waals surface area contributed by atoms with Crippen molar-refractivity contribution in [2.45, 2.75) is 18.5 Å². The van der Waals surface area contributed by atoms with Crippen LogP contribution < -0.4 is 21.5 Å². The van der Waals surface area contributed by atoms with Gasteiger partial charge in [0.15, 0.2) is 0 Å². The molecule has 0 spiro atoms. The first kappa shape index (κ1) is 7.31. The van der Waals surface area contributed by atoms with Crippen LogP contribution in [-0.2, 0) is 0 Å². The molecule has 3 heteroatoms. The van der Waals surface area contributed by atoms with Gasteiger partial charge in [0, 0.05) is 0 Å². The summed E-state index contributed by atoms with van der Waals surface area (Å²) < 4.78 is 2.71. The zero-order valence-electron chi connectivity index (χ0n) is 6.55. The second kappa shape index (κ2) is 2.60. The molecule has 0 amide bonds. The molecule has 0 radical (unpaired) electrons. The van der Waals surface area contributed by atoms with E-state index in [0.29, 0.717) is 21.5 Å². The number of hydrogen-bond acceptors (Lipinski definition) is 2. The van der Waals surface area contributed by atoms with Gasteiger partial charge in [0.1, 0.15) is 0 Å². The Hall–Kier alpha value is 0.650. The fourth-order valence-electron chi connectivity index (χ4n) is 2.02. The molecule has 2 fully saturated rings. The standard InChI is InChI=1S/C7H14IN2/c1-8-10-5-6-3-7(10)4-9(6)2/h6-7H,3-5H2,1-2H3/q-1. The van der Waals surface area contributed by atoms with Gasteiger partial charge in [0.25, 0.3) is 0 Å². The Morgan fingerprint density at radius 2 is 2.10 bits per heavy atom. The van der Waals surface area contributed by atoms with Crippen molar-refractivity contribution in [3.8, 4) is 0 Å². The molecule has 2 unspecified atom stereocenters. The molecule has 10 heavy (non-hydrogen) atoms. The summed E-state index contributed by atoms with van der Waals surface area (Å²) in [5, 5.41) is 0. The van der Waals surface area contributed by atoms with Crippen molar-refractivity contribution in [3.05, 3.63) is 0 Å². The molecule has 2 aliphatic rings. The van der Waals surface area contributed by atoms with Crippen molar-refractivity contribution >= 4 is 0 Å². The molecule has 0 N–H and O–H groups in total. The summed E-state index contributed by atoms with van der Waals surface area (Å²) in [6.45, 7) is 2.70. The number of likely N-dealkylation sites (N-methyl/N-ethyl adjacent to an activating group) is 1. The minimum atomic E-state index is 0.375. The van der Waals surface area contributed by atoms with E-state index in [2.05, 4.69) is 20.0 Å². The molecule has 2 bridgehead atoms. The van der Waals surface area contributed by atoms with E-state index >= 15 is 0 Å². The number of piperazine rings is 1. The van der Waals surface area contributed by atoms with Crippen LogP contribution in [0.4, 0.5) is 0 Å². The zero-order valence-corrected chi connectivity index (χ0v) is 8.71. The summed E-state index contributed by atoms with van der Waals surface area (Å²) in [4.78, 5) is 4.89. The van der Waals surface area contributed by atoms with E-state index in [1.165, 1.54) is 19.5 Å². The van der Waals surface area contributed by atoms with E-state index in [4.69, 9.17) is 0 Å². The Kier molecular flexibility index (Phi) is 1.90. The normalized spacial score (nSPS) is 41.8. The van der Waals surface area contributed by atoms with Crippen LogP contribution in [0.15, 0.2) is 0 Å². The SMILES string of the molecule is C[I-]N1CC2CC1CN2C. The van der Waals surface area contributed by atoms with E-state index in [1.807, 2.05) is 0 Å². The number of rotatable bonds is 1. The molecule has 0 aliphatic carbocycles. The Balaban J connectivity index is 2.02. The predicted octanol–water partition coefficient (Wildman–Crippen LogP) is -2.99. The molecule has 0 aromatic carbocycles. The summed E-state index contributed by atoms with van der Waals surface area (Å²) in [7, 11) is 2.26. The van der Waals surface area contributed by atoms with E-state index in [9.17, 15) is 0 Å². The van der Waals surface area contributed by atoms with Gasteiger partial charge in [0.2, 0.25) is 0 Å². The van der Waals surface area contributed by atoms with Crippen LogP contribution in [0.1, 0.15) is 6.42 Å². The first-order valence-electron chi connectivity index (χ1n) is 3.78. The quantitative estimate of drug-likeness (QED) is 0.279. The first-order chi connectivity index (χ1) is 4.81. The number of alkyl halides is 1. The maximum atomic E-state index is 2.71. The van der Waals surface area contributed by atoms with Gasteiger partial charge in [-0.1, -0.05) is 0 Å². The molecule has 2 aliphatic heterocycles. The van der Waals surface area contributed by atoms with Crippen LogP contribution in [0.3, 0.4) is 0 Å². The van der Waals surface area contributed by atoms with Gasteiger partial charge in [-0.2, -0.15) is 0 Å². The molecular formula is C7H14IN2-. The average molecular weight is 253 g/mol. The average Bonchev–Trinajstić information content (AvgIpc) is 2.44. The van der Waals surface area contributed by atoms with Crippen molar-refractivity contribution < 1.29 is 21.5 Å². The number of halogens is 1. The third-order valence-corrected chi connectivity index (χ3v) is 5.09. The predicted molar refractivity (Wildman–Crippen MR) is 37.5 cm³/mol. The van der Waals surface area contributed by atoms with Crippen LogP contribution >= 0.6 is 0 Å². The zero-order chi connectivity index (χ0) is 7.14. The van der Waals surface area contributed by atoms with E-state index in [0.717, 1.165) is 12.1 Å². The summed E-state index contributed by atoms with van der Waals surface area (Å²) in [6.07, 6.45) is 1.45. The fourth-order valence-corrected chi connectivity index (χ4v) is 4.06. The number of nitrogens with zero attached hydrogens (tertiary/aromatic N) is 2. The summed E-state index contributed by atoms with van der Waals surface area (Å²) in [6, 6.07) is 1.84. The summed E-state index contributed by atoms with van der Waals surface area (Å²) in [5.74, 6) is 0. The third-order valence-electron chi connectivity index (χ3n) is 2.66. The van der Waals surface area contributed by atoms with Crippen molar-refractivity contribution in [1.29, 1.82) is 0 Å². The molecule has 60 valence electrons. The van der Waals surface area contributed by atoms with E-state index in [1.54, 1.807) is 0 Å². The minimum absolute atomic E-state index is 0.375. The van der Waals surface area contributed by atoms with Crippen molar-refractivity contribution in [2.75, 3.05) is 25.1 Å². The molecule has 0 saturated carbocycles. The van der Waals surface area contributed by atoms with Gasteiger partial charge in [-0.15, -0.1) is 0 Å². The van der Waals surface area contributed by atoms with Crippen LogP contribution in [0, 0.1) is 0 Å². The van der Waals surface area contributed by atoms with E-state index < -0.39 is 0 Å². The summed E-state index contributed by atoms with van der Waals surface area (Å²) >= 11 is 0.375. The molecule has 0 aromatic heterocycles. The maximum absolute atomic E-state index is 2.71. The first-order valence-corrected chi connectivity index (χ1v) is 6.90. The summed E-state index contributed by atoms with van der Waals surface area (Å²) in [5.41, 5.74) is 0. The second-order valence-electron chi connectivity index (χ2n) is 3.23. The molecular weight excluding hydrogens is 239 g/mol. The Bertz CT molecular complexity index is 138. The molecule has 0 aromatic rings. The van der Waals surface area contributed by atoms with Crippen molar-refractivity contribution in [3.63, 3.8) is 0 Å². The van der Waals surface area contributed by atoms with Gasteiger partial charge < -0.3 is 0 Å². The Morgan fingerprint density at radius 3 is 2.50 bits per heavy atom. The van der Waals surface area contributed by atoms with Crippen LogP contribution in [0.25, 0.3) is 0 Å². The van der Waals surface area contributed by atoms with Gasteiger partial charge >= 0.3 is 73.1 Å². The topological polar surface area (TPSA) is 6.48 Å². The number of fused-ring (bicyclic) bond motifs is 2. The number of hydrogen-bond donors (Lipinski definition) is 0. The molecule has 2 nitrogen and oxygen atoms in total.